The van der Waals surface area contributed by atoms with Crippen LogP contribution < -0.4 is 14.8 Å². The zero-order valence-corrected chi connectivity index (χ0v) is 25.0. The first-order chi connectivity index (χ1) is 19.8. The maximum atomic E-state index is 13.4. The van der Waals surface area contributed by atoms with Crippen molar-refractivity contribution in [1.82, 2.24) is 10.2 Å². The summed E-state index contributed by atoms with van der Waals surface area (Å²) in [5.41, 5.74) is 3.50. The lowest BCUT2D eigenvalue weighted by Crippen LogP contribution is -2.38. The normalized spacial score (nSPS) is 16.2. The number of methoxy groups -OCH3 is 2. The molecule has 0 radical (unpaired) electrons. The molecule has 9 nitrogen and oxygen atoms in total. The number of ether oxygens (including phenoxy) is 4. The third-order valence-corrected chi connectivity index (χ3v) is 7.42. The molecule has 0 saturated heterocycles. The second-order valence-corrected chi connectivity index (χ2v) is 10.9. The Balaban J connectivity index is 1.67. The quantitative estimate of drug-likeness (QED) is 0.255. The fourth-order valence-electron chi connectivity index (χ4n) is 4.50. The molecule has 2 aliphatic heterocycles. The number of rotatable bonds is 13. The molecule has 0 spiro atoms. The number of hydrogen-bond donors (Lipinski definition) is 1. The van der Waals surface area contributed by atoms with E-state index in [9.17, 15) is 9.59 Å². The molecule has 2 aromatic carbocycles. The van der Waals surface area contributed by atoms with Gasteiger partial charge >= 0.3 is 5.97 Å². The topological polar surface area (TPSA) is 98.7 Å². The molecule has 10 heteroatoms. The molecule has 218 valence electrons. The molecule has 0 aromatic heterocycles. The monoisotopic (exact) mass is 579 g/mol. The van der Waals surface area contributed by atoms with Crippen LogP contribution in [0.4, 0.5) is 0 Å². The van der Waals surface area contributed by atoms with E-state index in [-0.39, 0.29) is 25.5 Å². The van der Waals surface area contributed by atoms with E-state index < -0.39 is 12.0 Å². The Bertz CT molecular complexity index is 1340. The summed E-state index contributed by atoms with van der Waals surface area (Å²) in [6.07, 6.45) is 0.149. The highest BCUT2D eigenvalue weighted by molar-refractivity contribution is 8.16. The van der Waals surface area contributed by atoms with Gasteiger partial charge in [-0.25, -0.2) is 9.79 Å². The lowest BCUT2D eigenvalue weighted by atomic mass is 9.93. The molecule has 1 N–H and O–H groups in total. The second kappa shape index (κ2) is 14.2. The molecular weight excluding hydrogens is 542 g/mol. The number of esters is 1. The van der Waals surface area contributed by atoms with Gasteiger partial charge < -0.3 is 29.2 Å². The highest BCUT2D eigenvalue weighted by Gasteiger charge is 2.41. The van der Waals surface area contributed by atoms with Crippen molar-refractivity contribution >= 4 is 28.8 Å². The van der Waals surface area contributed by atoms with Gasteiger partial charge in [0, 0.05) is 19.4 Å². The Morgan fingerprint density at radius 1 is 1.07 bits per heavy atom. The second-order valence-electron chi connectivity index (χ2n) is 10.1. The molecule has 41 heavy (non-hydrogen) atoms. The number of nitrogens with zero attached hydrogens (tertiary/aromatic N) is 2. The molecule has 2 aliphatic rings. The number of benzene rings is 2. The summed E-state index contributed by atoms with van der Waals surface area (Å²) in [6, 6.07) is 14.9. The maximum Gasteiger partial charge on any atom is 0.338 e. The summed E-state index contributed by atoms with van der Waals surface area (Å²) in [5, 5.41) is 5.59. The number of thioether (sulfide) groups is 1. The molecule has 1 amide bonds. The summed E-state index contributed by atoms with van der Waals surface area (Å²) in [7, 11) is 3.13. The Kier molecular flexibility index (Phi) is 10.5. The van der Waals surface area contributed by atoms with Crippen molar-refractivity contribution in [2.45, 2.75) is 39.8 Å². The molecule has 1 unspecified atom stereocenters. The number of amides is 1. The minimum Gasteiger partial charge on any atom is -0.493 e. The molecule has 4 rings (SSSR count). The van der Waals surface area contributed by atoms with Gasteiger partial charge in [-0.2, -0.15) is 0 Å². The zero-order chi connectivity index (χ0) is 29.4. The number of carbonyl (C=O) groups excluding carboxylic acids is 2. The summed E-state index contributed by atoms with van der Waals surface area (Å²) < 4.78 is 22.4. The number of hydrogen-bond acceptors (Lipinski definition) is 9. The predicted octanol–water partition coefficient (Wildman–Crippen LogP) is 5.20. The fraction of sp³-hybridized carbons (Fsp3) is 0.387. The van der Waals surface area contributed by atoms with Gasteiger partial charge in [0.2, 0.25) is 5.91 Å². The first-order valence-corrected chi connectivity index (χ1v) is 14.4. The van der Waals surface area contributed by atoms with Crippen molar-refractivity contribution in [1.29, 1.82) is 0 Å². The van der Waals surface area contributed by atoms with Gasteiger partial charge in [0.15, 0.2) is 16.7 Å². The van der Waals surface area contributed by atoms with Crippen molar-refractivity contribution in [2.75, 3.05) is 34.0 Å². The van der Waals surface area contributed by atoms with Crippen LogP contribution in [-0.2, 0) is 25.7 Å². The summed E-state index contributed by atoms with van der Waals surface area (Å²) >= 11 is 1.43. The van der Waals surface area contributed by atoms with Crippen LogP contribution in [-0.4, -0.2) is 55.9 Å². The standard InChI is InChI=1S/C31H37N3O6S/c1-20(2)17-32-27(35)16-24-19-41-31-33-21(3)28(30(36)39-14-13-37-4)29(34(24)31)23-11-12-25(26(15-23)38-5)40-18-22-9-7-6-8-10-22/h6-12,15,19-20,29H,13-14,16-18H2,1-5H3,(H,32,35). The molecule has 0 saturated carbocycles. The van der Waals surface area contributed by atoms with E-state index in [2.05, 4.69) is 5.32 Å². The lowest BCUT2D eigenvalue weighted by molar-refractivity contribution is -0.141. The molecule has 1 atom stereocenters. The highest BCUT2D eigenvalue weighted by atomic mass is 32.2. The minimum atomic E-state index is -0.589. The van der Waals surface area contributed by atoms with Gasteiger partial charge in [0.1, 0.15) is 13.2 Å². The van der Waals surface area contributed by atoms with Crippen LogP contribution in [0.25, 0.3) is 0 Å². The summed E-state index contributed by atoms with van der Waals surface area (Å²) in [6.45, 7) is 7.25. The molecule has 2 heterocycles. The van der Waals surface area contributed by atoms with Crippen molar-refractivity contribution in [2.24, 2.45) is 10.9 Å². The van der Waals surface area contributed by atoms with Crippen LogP contribution in [0.2, 0.25) is 0 Å². The van der Waals surface area contributed by atoms with E-state index in [1.807, 2.05) is 72.7 Å². The number of fused-ring (bicyclic) bond motifs is 1. The average Bonchev–Trinajstić information content (AvgIpc) is 3.36. The average molecular weight is 580 g/mol. The van der Waals surface area contributed by atoms with Crippen molar-refractivity contribution in [3.05, 3.63) is 82.0 Å². The summed E-state index contributed by atoms with van der Waals surface area (Å²) in [4.78, 5) is 32.9. The summed E-state index contributed by atoms with van der Waals surface area (Å²) in [5.74, 6) is 0.855. The van der Waals surface area contributed by atoms with E-state index >= 15 is 0 Å². The Morgan fingerprint density at radius 3 is 2.56 bits per heavy atom. The maximum absolute atomic E-state index is 13.4. The van der Waals surface area contributed by atoms with Gasteiger partial charge in [-0.3, -0.25) is 4.79 Å². The number of allylic oxidation sites excluding steroid dienone is 1. The Hall–Kier alpha value is -3.76. The first kappa shape index (κ1) is 30.2. The number of amidine groups is 1. The van der Waals surface area contributed by atoms with E-state index in [1.54, 1.807) is 21.1 Å². The van der Waals surface area contributed by atoms with Crippen LogP contribution in [0.3, 0.4) is 0 Å². The Morgan fingerprint density at radius 2 is 1.85 bits per heavy atom. The van der Waals surface area contributed by atoms with E-state index in [0.717, 1.165) is 16.8 Å². The zero-order valence-electron chi connectivity index (χ0n) is 24.1. The van der Waals surface area contributed by atoms with Gasteiger partial charge in [-0.1, -0.05) is 62.0 Å². The molecule has 0 bridgehead atoms. The lowest BCUT2D eigenvalue weighted by Gasteiger charge is -2.36. The fourth-order valence-corrected chi connectivity index (χ4v) is 5.46. The minimum absolute atomic E-state index is 0.0942. The van der Waals surface area contributed by atoms with Gasteiger partial charge in [-0.05, 0) is 41.5 Å². The third-order valence-electron chi connectivity index (χ3n) is 6.53. The molecule has 0 fully saturated rings. The molecule has 2 aromatic rings. The molecular formula is C31H37N3O6S. The Labute approximate surface area is 245 Å². The van der Waals surface area contributed by atoms with Crippen molar-refractivity contribution < 1.29 is 28.5 Å². The van der Waals surface area contributed by atoms with Crippen LogP contribution in [0.15, 0.2) is 75.9 Å². The highest BCUT2D eigenvalue weighted by Crippen LogP contribution is 2.46. The van der Waals surface area contributed by atoms with Crippen LogP contribution >= 0.6 is 11.8 Å². The van der Waals surface area contributed by atoms with Crippen LogP contribution in [0, 0.1) is 5.92 Å². The number of carbonyl (C=O) groups is 2. The smallest absolute Gasteiger partial charge is 0.338 e. The van der Waals surface area contributed by atoms with Crippen LogP contribution in [0.1, 0.15) is 44.4 Å². The van der Waals surface area contributed by atoms with Crippen molar-refractivity contribution in [3.8, 4) is 11.5 Å². The first-order valence-electron chi connectivity index (χ1n) is 13.5. The van der Waals surface area contributed by atoms with Crippen LogP contribution in [0.5, 0.6) is 11.5 Å². The largest absolute Gasteiger partial charge is 0.493 e. The van der Waals surface area contributed by atoms with E-state index in [1.165, 1.54) is 11.8 Å². The van der Waals surface area contributed by atoms with E-state index in [0.29, 0.717) is 47.0 Å². The van der Waals surface area contributed by atoms with Gasteiger partial charge in [0.05, 0.1) is 37.4 Å². The number of aliphatic imine (C=N–C) groups is 1. The molecule has 0 aliphatic carbocycles. The SMILES string of the molecule is COCCOC(=O)C1=C(C)N=C2SC=C(CC(=O)NCC(C)C)N2C1c1ccc(OCc2ccccc2)c(OC)c1. The van der Waals surface area contributed by atoms with Gasteiger partial charge in [0.25, 0.3) is 0 Å². The van der Waals surface area contributed by atoms with Crippen molar-refractivity contribution in [3.63, 3.8) is 0 Å². The third kappa shape index (κ3) is 7.51. The predicted molar refractivity (Wildman–Crippen MR) is 159 cm³/mol. The van der Waals surface area contributed by atoms with E-state index in [4.69, 9.17) is 23.9 Å². The van der Waals surface area contributed by atoms with Gasteiger partial charge in [-0.15, -0.1) is 0 Å². The number of nitrogens with one attached hydrogen (secondary N) is 1.